The second-order valence-electron chi connectivity index (χ2n) is 8.81. The minimum atomic E-state index is -4.08. The fraction of sp³-hybridized carbons (Fsp3) is 0.138. The Morgan fingerprint density at radius 1 is 0.950 bits per heavy atom. The van der Waals surface area contributed by atoms with Crippen LogP contribution in [-0.4, -0.2) is 27.9 Å². The number of amidine groups is 1. The van der Waals surface area contributed by atoms with Crippen molar-refractivity contribution in [2.24, 2.45) is 5.73 Å². The van der Waals surface area contributed by atoms with Crippen LogP contribution in [0.1, 0.15) is 22.7 Å². The van der Waals surface area contributed by atoms with E-state index >= 15 is 0 Å². The molecule has 0 aliphatic rings. The Kier molecular flexibility index (Phi) is 9.54. The molecule has 40 heavy (non-hydrogen) atoms. The average Bonchev–Trinajstić information content (AvgIpc) is 2.96. The summed E-state index contributed by atoms with van der Waals surface area (Å²) in [6, 6.07) is 25.4. The van der Waals surface area contributed by atoms with Crippen LogP contribution in [0.2, 0.25) is 10.0 Å². The molecule has 8 nitrogen and oxygen atoms in total. The van der Waals surface area contributed by atoms with Gasteiger partial charge in [-0.1, -0.05) is 59.6 Å². The molecule has 0 saturated heterocycles. The van der Waals surface area contributed by atoms with E-state index in [9.17, 15) is 8.42 Å². The van der Waals surface area contributed by atoms with E-state index in [0.717, 1.165) is 5.56 Å². The molecule has 11 heteroatoms. The van der Waals surface area contributed by atoms with E-state index in [1.807, 2.05) is 30.3 Å². The third kappa shape index (κ3) is 7.45. The summed E-state index contributed by atoms with van der Waals surface area (Å²) in [6.45, 7) is 0.516. The number of nitrogen functional groups attached to an aromatic ring is 1. The quantitative estimate of drug-likeness (QED) is 0.117. The Hall–Kier alpha value is -3.76. The average molecular weight is 600 g/mol. The van der Waals surface area contributed by atoms with Crippen LogP contribution in [0, 0.1) is 5.41 Å². The first kappa shape index (κ1) is 29.2. The fourth-order valence-electron chi connectivity index (χ4n) is 3.90. The van der Waals surface area contributed by atoms with Crippen molar-refractivity contribution in [3.63, 3.8) is 0 Å². The molecule has 0 heterocycles. The number of nitrogens with two attached hydrogens (primary N) is 1. The van der Waals surface area contributed by atoms with Crippen LogP contribution < -0.4 is 25.2 Å². The minimum absolute atomic E-state index is 0.0442. The molecule has 0 spiro atoms. The molecule has 0 aliphatic carbocycles. The van der Waals surface area contributed by atoms with Gasteiger partial charge < -0.3 is 20.5 Å². The number of benzene rings is 4. The zero-order chi connectivity index (χ0) is 28.7. The monoisotopic (exact) mass is 598 g/mol. The van der Waals surface area contributed by atoms with E-state index in [0.29, 0.717) is 34.9 Å². The van der Waals surface area contributed by atoms with Gasteiger partial charge in [-0.2, -0.15) is 0 Å². The molecule has 0 bridgehead atoms. The van der Waals surface area contributed by atoms with Gasteiger partial charge in [0.25, 0.3) is 0 Å². The molecular weight excluding hydrogens is 571 g/mol. The van der Waals surface area contributed by atoms with Gasteiger partial charge in [-0.15, -0.1) is 0 Å². The van der Waals surface area contributed by atoms with E-state index in [4.69, 9.17) is 43.8 Å². The summed E-state index contributed by atoms with van der Waals surface area (Å²) >= 11 is 12.3. The van der Waals surface area contributed by atoms with E-state index in [2.05, 4.69) is 10.0 Å². The molecule has 4 rings (SSSR count). The number of nitrogens with one attached hydrogen (secondary N) is 3. The predicted octanol–water partition coefficient (Wildman–Crippen LogP) is 6.00. The van der Waals surface area contributed by atoms with Gasteiger partial charge in [-0.25, -0.2) is 13.1 Å². The van der Waals surface area contributed by atoms with E-state index in [1.54, 1.807) is 42.5 Å². The fourth-order valence-corrected chi connectivity index (χ4v) is 5.89. The Labute approximate surface area is 243 Å². The first-order valence-electron chi connectivity index (χ1n) is 12.2. The topological polar surface area (TPSA) is 127 Å². The van der Waals surface area contributed by atoms with Crippen molar-refractivity contribution in [1.29, 1.82) is 5.41 Å². The van der Waals surface area contributed by atoms with Gasteiger partial charge in [-0.3, -0.25) is 5.41 Å². The number of anilines is 1. The molecule has 0 aromatic heterocycles. The Morgan fingerprint density at radius 3 is 2.35 bits per heavy atom. The van der Waals surface area contributed by atoms with E-state index in [1.165, 1.54) is 25.3 Å². The standard InChI is InChI=1S/C29H28Cl2N4O4S/c1-38-27-15-21(9-14-26(27)39-18-19-5-3-2-4-6-19)25(17-34-23-11-7-20(8-12-23)29(32)33)35-40(36,37)28-16-22(30)10-13-24(28)31/h2-16,25,34-35H,17-18H2,1H3,(H3,32,33). The molecule has 0 saturated carbocycles. The first-order chi connectivity index (χ1) is 19.2. The van der Waals surface area contributed by atoms with Gasteiger partial charge in [0.15, 0.2) is 11.5 Å². The lowest BCUT2D eigenvalue weighted by molar-refractivity contribution is 0.284. The van der Waals surface area contributed by atoms with E-state index < -0.39 is 16.1 Å². The highest BCUT2D eigenvalue weighted by Crippen LogP contribution is 2.33. The summed E-state index contributed by atoms with van der Waals surface area (Å²) in [5, 5.41) is 11.1. The summed E-state index contributed by atoms with van der Waals surface area (Å²) in [5.74, 6) is 0.920. The zero-order valence-electron chi connectivity index (χ0n) is 21.5. The molecule has 208 valence electrons. The Bertz CT molecular complexity index is 1580. The van der Waals surface area contributed by atoms with Gasteiger partial charge in [0, 0.05) is 22.8 Å². The number of halogens is 2. The highest BCUT2D eigenvalue weighted by atomic mass is 35.5. The molecule has 1 atom stereocenters. The zero-order valence-corrected chi connectivity index (χ0v) is 23.9. The normalized spacial score (nSPS) is 12.0. The highest BCUT2D eigenvalue weighted by molar-refractivity contribution is 7.89. The number of hydrogen-bond donors (Lipinski definition) is 4. The minimum Gasteiger partial charge on any atom is -0.493 e. The summed E-state index contributed by atoms with van der Waals surface area (Å²) in [6.07, 6.45) is 0. The maximum Gasteiger partial charge on any atom is 0.242 e. The highest BCUT2D eigenvalue weighted by Gasteiger charge is 2.25. The van der Waals surface area contributed by atoms with Crippen molar-refractivity contribution in [2.75, 3.05) is 19.0 Å². The lowest BCUT2D eigenvalue weighted by Gasteiger charge is -2.22. The van der Waals surface area contributed by atoms with Gasteiger partial charge in [0.2, 0.25) is 10.0 Å². The van der Waals surface area contributed by atoms with Gasteiger partial charge in [0.05, 0.1) is 18.2 Å². The molecular formula is C29H28Cl2N4O4S. The number of sulfonamides is 1. The van der Waals surface area contributed by atoms with Crippen molar-refractivity contribution < 1.29 is 17.9 Å². The summed E-state index contributed by atoms with van der Waals surface area (Å²) in [4.78, 5) is -0.132. The third-order valence-electron chi connectivity index (χ3n) is 6.01. The molecule has 5 N–H and O–H groups in total. The van der Waals surface area contributed by atoms with Crippen LogP contribution in [-0.2, 0) is 16.6 Å². The summed E-state index contributed by atoms with van der Waals surface area (Å²) < 4.78 is 41.1. The third-order valence-corrected chi connectivity index (χ3v) is 8.20. The molecule has 4 aromatic carbocycles. The molecule has 0 aliphatic heterocycles. The summed E-state index contributed by atoms with van der Waals surface area (Å²) in [7, 11) is -2.56. The van der Waals surface area contributed by atoms with Crippen LogP contribution in [0.4, 0.5) is 5.69 Å². The van der Waals surface area contributed by atoms with Crippen molar-refractivity contribution >= 4 is 44.7 Å². The number of methoxy groups -OCH3 is 1. The Morgan fingerprint density at radius 2 is 1.68 bits per heavy atom. The van der Waals surface area contributed by atoms with Crippen molar-refractivity contribution in [3.05, 3.63) is 118 Å². The van der Waals surface area contributed by atoms with Crippen LogP contribution >= 0.6 is 23.2 Å². The molecule has 4 aromatic rings. The lowest BCUT2D eigenvalue weighted by atomic mass is 10.1. The van der Waals surface area contributed by atoms with Gasteiger partial charge >= 0.3 is 0 Å². The van der Waals surface area contributed by atoms with Crippen molar-refractivity contribution in [2.45, 2.75) is 17.5 Å². The maximum absolute atomic E-state index is 13.4. The number of rotatable bonds is 12. The van der Waals surface area contributed by atoms with Crippen LogP contribution in [0.3, 0.4) is 0 Å². The van der Waals surface area contributed by atoms with Crippen molar-refractivity contribution in [3.8, 4) is 11.5 Å². The second-order valence-corrected chi connectivity index (χ2v) is 11.3. The van der Waals surface area contributed by atoms with Gasteiger partial charge in [0.1, 0.15) is 17.3 Å². The van der Waals surface area contributed by atoms with Gasteiger partial charge in [-0.05, 0) is 65.7 Å². The smallest absolute Gasteiger partial charge is 0.242 e. The van der Waals surface area contributed by atoms with Crippen LogP contribution in [0.5, 0.6) is 11.5 Å². The van der Waals surface area contributed by atoms with Crippen molar-refractivity contribution in [1.82, 2.24) is 4.72 Å². The second kappa shape index (κ2) is 13.1. The lowest BCUT2D eigenvalue weighted by Crippen LogP contribution is -2.33. The van der Waals surface area contributed by atoms with Crippen LogP contribution in [0.15, 0.2) is 95.9 Å². The maximum atomic E-state index is 13.4. The number of hydrogen-bond acceptors (Lipinski definition) is 6. The SMILES string of the molecule is COc1cc(C(CNc2ccc(C(=N)N)cc2)NS(=O)(=O)c2cc(Cl)ccc2Cl)ccc1OCc1ccccc1. The van der Waals surface area contributed by atoms with E-state index in [-0.39, 0.29) is 27.3 Å². The molecule has 0 radical (unpaired) electrons. The molecule has 0 fully saturated rings. The summed E-state index contributed by atoms with van der Waals surface area (Å²) in [5.41, 5.74) is 8.46. The van der Waals surface area contributed by atoms with Crippen LogP contribution in [0.25, 0.3) is 0 Å². The first-order valence-corrected chi connectivity index (χ1v) is 14.4. The molecule has 1 unspecified atom stereocenters. The predicted molar refractivity (Wildman–Crippen MR) is 159 cm³/mol. The largest absolute Gasteiger partial charge is 0.493 e. The Balaban J connectivity index is 1.62. The molecule has 0 amide bonds. The number of ether oxygens (including phenoxy) is 2.